The molecule has 118 valence electrons. The third-order valence-corrected chi connectivity index (χ3v) is 4.35. The molecule has 0 atom stereocenters. The molecular formula is C20H26O2. The summed E-state index contributed by atoms with van der Waals surface area (Å²) in [4.78, 5) is 0. The van der Waals surface area contributed by atoms with Gasteiger partial charge >= 0.3 is 0 Å². The van der Waals surface area contributed by atoms with Gasteiger partial charge in [-0.1, -0.05) is 39.8 Å². The van der Waals surface area contributed by atoms with E-state index in [0.29, 0.717) is 0 Å². The maximum atomic E-state index is 10.5. The Labute approximate surface area is 133 Å². The predicted octanol–water partition coefficient (Wildman–Crippen LogP) is 5.01. The normalized spacial score (nSPS) is 10.9. The lowest BCUT2D eigenvalue weighted by Crippen LogP contribution is -1.97. The van der Waals surface area contributed by atoms with E-state index in [0.717, 1.165) is 59.1 Å². The Kier molecular flexibility index (Phi) is 5.12. The topological polar surface area (TPSA) is 40.5 Å². The minimum atomic E-state index is 0.269. The molecule has 0 spiro atoms. The summed E-state index contributed by atoms with van der Waals surface area (Å²) in [6, 6.07) is 7.92. The molecule has 0 fully saturated rings. The van der Waals surface area contributed by atoms with Crippen molar-refractivity contribution in [1.82, 2.24) is 0 Å². The van der Waals surface area contributed by atoms with E-state index < -0.39 is 0 Å². The summed E-state index contributed by atoms with van der Waals surface area (Å²) in [7, 11) is 0. The van der Waals surface area contributed by atoms with Crippen molar-refractivity contribution >= 4 is 0 Å². The summed E-state index contributed by atoms with van der Waals surface area (Å²) in [5.74, 6) is 0.538. The molecular weight excluding hydrogens is 272 g/mol. The Hall–Kier alpha value is -1.96. The van der Waals surface area contributed by atoms with Crippen molar-refractivity contribution in [2.45, 2.75) is 53.4 Å². The van der Waals surface area contributed by atoms with E-state index >= 15 is 0 Å². The van der Waals surface area contributed by atoms with Crippen LogP contribution < -0.4 is 0 Å². The van der Waals surface area contributed by atoms with Crippen LogP contribution in [0.25, 0.3) is 11.1 Å². The quantitative estimate of drug-likeness (QED) is 0.814. The van der Waals surface area contributed by atoms with E-state index in [9.17, 15) is 10.2 Å². The highest BCUT2D eigenvalue weighted by Crippen LogP contribution is 2.42. The Balaban J connectivity index is 2.76. The van der Waals surface area contributed by atoms with Gasteiger partial charge in [0.05, 0.1) is 0 Å². The molecule has 2 rings (SSSR count). The zero-order valence-corrected chi connectivity index (χ0v) is 14.0. The van der Waals surface area contributed by atoms with Crippen molar-refractivity contribution in [2.75, 3.05) is 0 Å². The molecule has 2 heteroatoms. The fourth-order valence-electron chi connectivity index (χ4n) is 3.04. The van der Waals surface area contributed by atoms with Crippen molar-refractivity contribution in [3.8, 4) is 22.6 Å². The van der Waals surface area contributed by atoms with Gasteiger partial charge < -0.3 is 10.2 Å². The number of phenolic OH excluding ortho intramolecular Hbond substituents is 2. The number of rotatable bonds is 5. The molecule has 0 bridgehead atoms. The molecule has 0 amide bonds. The summed E-state index contributed by atoms with van der Waals surface area (Å²) < 4.78 is 0. The molecule has 0 saturated heterocycles. The van der Waals surface area contributed by atoms with Crippen LogP contribution in [-0.2, 0) is 25.7 Å². The van der Waals surface area contributed by atoms with Crippen molar-refractivity contribution in [3.05, 3.63) is 46.5 Å². The van der Waals surface area contributed by atoms with Gasteiger partial charge in [0.25, 0.3) is 0 Å². The SMILES string of the molecule is CCc1cc(O)c(-c2c(O)cc(CC)cc2CC)c(CC)c1. The maximum Gasteiger partial charge on any atom is 0.124 e. The standard InChI is InChI=1S/C20H26O2/c1-5-13-9-15(7-3)19(17(21)11-13)20-16(8-4)10-14(6-2)12-18(20)22/h9-12,21-22H,5-8H2,1-4H3. The molecule has 2 aromatic carbocycles. The highest BCUT2D eigenvalue weighted by atomic mass is 16.3. The second-order valence-electron chi connectivity index (χ2n) is 5.71. The van der Waals surface area contributed by atoms with Gasteiger partial charge in [0.2, 0.25) is 0 Å². The van der Waals surface area contributed by atoms with Crippen LogP contribution >= 0.6 is 0 Å². The first-order valence-corrected chi connectivity index (χ1v) is 8.25. The van der Waals surface area contributed by atoms with Crippen LogP contribution in [-0.4, -0.2) is 10.2 Å². The molecule has 0 unspecified atom stereocenters. The van der Waals surface area contributed by atoms with Crippen LogP contribution in [0.4, 0.5) is 0 Å². The minimum absolute atomic E-state index is 0.269. The molecule has 0 saturated carbocycles. The first kappa shape index (κ1) is 16.4. The fourth-order valence-corrected chi connectivity index (χ4v) is 3.04. The van der Waals surface area contributed by atoms with Crippen molar-refractivity contribution in [2.24, 2.45) is 0 Å². The van der Waals surface area contributed by atoms with Gasteiger partial charge in [-0.3, -0.25) is 0 Å². The van der Waals surface area contributed by atoms with Crippen LogP contribution in [0.15, 0.2) is 24.3 Å². The second-order valence-corrected chi connectivity index (χ2v) is 5.71. The smallest absolute Gasteiger partial charge is 0.124 e. The van der Waals surface area contributed by atoms with Crippen LogP contribution in [0, 0.1) is 0 Å². The number of aryl methyl sites for hydroxylation is 4. The van der Waals surface area contributed by atoms with Gasteiger partial charge in [-0.15, -0.1) is 0 Å². The van der Waals surface area contributed by atoms with Crippen LogP contribution in [0.5, 0.6) is 11.5 Å². The Morgan fingerprint density at radius 3 is 1.23 bits per heavy atom. The number of benzene rings is 2. The number of aromatic hydroxyl groups is 2. The monoisotopic (exact) mass is 298 g/mol. The molecule has 2 N–H and O–H groups in total. The lowest BCUT2D eigenvalue weighted by atomic mass is 9.88. The summed E-state index contributed by atoms with van der Waals surface area (Å²) in [6.07, 6.45) is 3.44. The van der Waals surface area contributed by atoms with Crippen LogP contribution in [0.3, 0.4) is 0 Å². The van der Waals surface area contributed by atoms with E-state index in [1.807, 2.05) is 12.1 Å². The van der Waals surface area contributed by atoms with E-state index in [2.05, 4.69) is 39.8 Å². The predicted molar refractivity (Wildman–Crippen MR) is 92.7 cm³/mol. The van der Waals surface area contributed by atoms with Gasteiger partial charge in [0.15, 0.2) is 0 Å². The van der Waals surface area contributed by atoms with Gasteiger partial charge in [-0.25, -0.2) is 0 Å². The largest absolute Gasteiger partial charge is 0.507 e. The van der Waals surface area contributed by atoms with Crippen molar-refractivity contribution < 1.29 is 10.2 Å². The Morgan fingerprint density at radius 2 is 0.955 bits per heavy atom. The summed E-state index contributed by atoms with van der Waals surface area (Å²) in [5.41, 5.74) is 6.01. The third kappa shape index (κ3) is 2.96. The average Bonchev–Trinajstić information content (AvgIpc) is 2.53. The Morgan fingerprint density at radius 1 is 0.591 bits per heavy atom. The molecule has 0 aromatic heterocycles. The highest BCUT2D eigenvalue weighted by Gasteiger charge is 2.18. The van der Waals surface area contributed by atoms with Gasteiger partial charge in [0, 0.05) is 11.1 Å². The van der Waals surface area contributed by atoms with Gasteiger partial charge in [-0.2, -0.15) is 0 Å². The highest BCUT2D eigenvalue weighted by molar-refractivity contribution is 5.81. The molecule has 0 aliphatic rings. The fraction of sp³-hybridized carbons (Fsp3) is 0.400. The first-order valence-electron chi connectivity index (χ1n) is 8.25. The third-order valence-electron chi connectivity index (χ3n) is 4.35. The molecule has 0 heterocycles. The number of hydrogen-bond acceptors (Lipinski definition) is 2. The number of phenols is 2. The summed E-state index contributed by atoms with van der Waals surface area (Å²) in [6.45, 7) is 8.33. The molecule has 0 aliphatic carbocycles. The van der Waals surface area contributed by atoms with Crippen LogP contribution in [0.1, 0.15) is 49.9 Å². The Bertz CT molecular complexity index is 612. The molecule has 2 nitrogen and oxygen atoms in total. The van der Waals surface area contributed by atoms with E-state index in [1.165, 1.54) is 0 Å². The summed E-state index contributed by atoms with van der Waals surface area (Å²) >= 11 is 0. The van der Waals surface area contributed by atoms with Crippen LogP contribution in [0.2, 0.25) is 0 Å². The van der Waals surface area contributed by atoms with Gasteiger partial charge in [-0.05, 0) is 60.1 Å². The van der Waals surface area contributed by atoms with Gasteiger partial charge in [0.1, 0.15) is 11.5 Å². The summed E-state index contributed by atoms with van der Waals surface area (Å²) in [5, 5.41) is 21.1. The average molecular weight is 298 g/mol. The van der Waals surface area contributed by atoms with E-state index in [4.69, 9.17) is 0 Å². The second kappa shape index (κ2) is 6.87. The molecule has 0 radical (unpaired) electrons. The van der Waals surface area contributed by atoms with Crippen molar-refractivity contribution in [3.63, 3.8) is 0 Å². The number of hydrogen-bond donors (Lipinski definition) is 2. The maximum absolute atomic E-state index is 10.5. The van der Waals surface area contributed by atoms with E-state index in [1.54, 1.807) is 0 Å². The molecule has 2 aromatic rings. The first-order chi connectivity index (χ1) is 10.5. The molecule has 22 heavy (non-hydrogen) atoms. The zero-order valence-electron chi connectivity index (χ0n) is 14.0. The zero-order chi connectivity index (χ0) is 16.3. The van der Waals surface area contributed by atoms with E-state index in [-0.39, 0.29) is 11.5 Å². The molecule has 0 aliphatic heterocycles. The lowest BCUT2D eigenvalue weighted by molar-refractivity contribution is 0.467. The lowest BCUT2D eigenvalue weighted by Gasteiger charge is -2.18. The minimum Gasteiger partial charge on any atom is -0.507 e. The van der Waals surface area contributed by atoms with Crippen molar-refractivity contribution in [1.29, 1.82) is 0 Å².